The average Bonchev–Trinajstić information content (AvgIpc) is 2.26. The molecule has 5 aliphatic rings. The molecule has 0 bridgehead atoms. The normalized spacial score (nSPS) is 29.7. The molecular weight excluding hydrogens is 1440 g/mol. The Hall–Kier alpha value is -6.71. The highest BCUT2D eigenvalue weighted by atomic mass is 31.2. The molecule has 0 aliphatic carbocycles. The van der Waals surface area contributed by atoms with E-state index in [0.717, 1.165) is 43.1 Å². The molecule has 0 aromatic carbocycles. The molecule has 11 rings (SSSR count). The minimum absolute atomic E-state index is 0.0195. The number of nitrogens with zero attached hydrogens (tertiary/aromatic N) is 10. The molecule has 0 saturated carbocycles. The summed E-state index contributed by atoms with van der Waals surface area (Å²) in [4.78, 5) is 154. The van der Waals surface area contributed by atoms with Crippen molar-refractivity contribution in [3.8, 4) is 0 Å². The van der Waals surface area contributed by atoms with Crippen molar-refractivity contribution in [2.45, 2.75) is 138 Å². The Morgan fingerprint density at radius 1 is 0.535 bits per heavy atom. The number of fused-ring (bicyclic) bond motifs is 1. The first kappa shape index (κ1) is 73.5. The number of phosphoric acid groups is 4. The zero-order valence-corrected chi connectivity index (χ0v) is 55.7. The second-order valence-electron chi connectivity index (χ2n) is 22.7. The lowest BCUT2D eigenvalue weighted by atomic mass is 10.2. The fourth-order valence-corrected chi connectivity index (χ4v) is 15.3. The highest BCUT2D eigenvalue weighted by molar-refractivity contribution is 7.48. The fraction of sp³-hybridized carbons (Fsp3) is 0.562. The Morgan fingerprint density at radius 3 is 1.29 bits per heavy atom. The number of nitrogen functional groups attached to an aromatic ring is 3. The maximum atomic E-state index is 14.1. The van der Waals surface area contributed by atoms with Gasteiger partial charge in [-0.3, -0.25) is 78.6 Å². The van der Waals surface area contributed by atoms with E-state index in [1.54, 1.807) is 0 Å². The van der Waals surface area contributed by atoms with Crippen molar-refractivity contribution in [2.24, 2.45) is 0 Å². The lowest BCUT2D eigenvalue weighted by Crippen LogP contribution is -2.33. The van der Waals surface area contributed by atoms with Crippen LogP contribution in [0, 0.1) is 13.8 Å². The molecule has 5 unspecified atom stereocenters. The number of aromatic nitrogens is 12. The SMILES string of the molecule is Cc1cn([C@H]2C[C@H](OP(=O)(O)OC[C@H]3O[C@@H](n4ccc(N)nc4=O)C[C@@H]3OP(=O)(O)OC[C@H]3O[C@@H](n4ccc(N)nc4=O)C[C@@H]3OP(=O)(O)OC[C@H]3O[C@@H](n4cc(C)c(=O)[nH]c4=O)C[C@@H]3OP(=O)(O)OC[C@H]3O[C@@H](n4cnc5c(N)ncnc54)C[C@@H]3O)[C@@H](CO[P+](=O)O)O2)c(=O)[nH]c1=O. The quantitative estimate of drug-likeness (QED) is 0.0243. The van der Waals surface area contributed by atoms with Gasteiger partial charge in [0.25, 0.3) is 11.1 Å². The topological polar surface area (TPSA) is 637 Å². The van der Waals surface area contributed by atoms with Crippen LogP contribution in [0.4, 0.5) is 17.5 Å². The van der Waals surface area contributed by atoms with Crippen LogP contribution in [0.2, 0.25) is 0 Å². The Balaban J connectivity index is 0.770. The molecule has 14 N–H and O–H groups in total. The first-order valence-corrected chi connectivity index (χ1v) is 36.4. The first-order chi connectivity index (χ1) is 46.7. The van der Waals surface area contributed by atoms with E-state index in [-0.39, 0.29) is 46.2 Å². The Morgan fingerprint density at radius 2 is 0.899 bits per heavy atom. The second-order valence-corrected chi connectivity index (χ2v) is 29.0. The van der Waals surface area contributed by atoms with Gasteiger partial charge in [-0.05, 0) is 26.0 Å². The molecule has 5 aliphatic heterocycles. The largest absolute Gasteiger partial charge is 0.694 e. The van der Waals surface area contributed by atoms with Gasteiger partial charge in [0.05, 0.1) is 38.9 Å². The van der Waals surface area contributed by atoms with Crippen molar-refractivity contribution in [1.82, 2.24) is 57.7 Å². The number of hydrogen-bond acceptors (Lipinski definition) is 34. The van der Waals surface area contributed by atoms with Gasteiger partial charge in [-0.1, -0.05) is 0 Å². The number of aliphatic hydroxyl groups excluding tert-OH is 1. The zero-order valence-electron chi connectivity index (χ0n) is 51.2. The van der Waals surface area contributed by atoms with Gasteiger partial charge in [-0.25, -0.2) is 52.4 Å². The van der Waals surface area contributed by atoms with Crippen LogP contribution in [0.5, 0.6) is 0 Å². The number of aromatic amines is 2. The minimum Gasteiger partial charge on any atom is -0.390 e. The standard InChI is InChI=1S/C48H62N15O31P5/c1-21-12-61(47(69)57-43(21)65)38-10-24(29(87-38)14-81-95(71)72)91-97(75,76)83-16-30-25(8-36(88-30)59-5-3-33(49)55-45(59)67)92-98(77,78)84-17-31-26(9-37(89-31)60-6-4-34(50)56-46(60)68)93-99(79,80)85-18-32-27(11-39(90-32)62-13-22(2)44(66)58-48(62)70)94-96(73,74)82-15-28-23(64)7-35(86-28)63-20-54-40-41(51)52-19-53-42(40)63/h3-6,12-13,19-20,23-32,35-39,64H,7-11,14-18H2,1-2H3,(H12-,49,50,51,52,53,55,56,57,58,65,66,67,68,69,70,71,72,73,74,75,76,77,78,79,80)/p+1/t23-,24-,25-,26-,27-,28+,29+,30+,31+,32+,35+,36+,37+,38+,39+/m0/s1. The molecule has 6 aromatic heterocycles. The maximum Gasteiger partial charge on any atom is 0.694 e. The molecule has 0 radical (unpaired) electrons. The number of aliphatic hydroxyl groups is 1. The number of nitrogens with one attached hydrogen (secondary N) is 2. The van der Waals surface area contributed by atoms with Crippen molar-refractivity contribution in [2.75, 3.05) is 50.2 Å². The summed E-state index contributed by atoms with van der Waals surface area (Å²) < 4.78 is 150. The van der Waals surface area contributed by atoms with Crippen LogP contribution in [0.25, 0.3) is 11.2 Å². The van der Waals surface area contributed by atoms with E-state index in [9.17, 15) is 81.2 Å². The molecule has 5 fully saturated rings. The molecule has 20 atom stereocenters. The summed E-state index contributed by atoms with van der Waals surface area (Å²) in [7, 11) is -25.0. The number of aryl methyl sites for hydroxylation is 2. The highest BCUT2D eigenvalue weighted by Gasteiger charge is 2.50. The van der Waals surface area contributed by atoms with Gasteiger partial charge in [0.2, 0.25) is 0 Å². The lowest BCUT2D eigenvalue weighted by Gasteiger charge is -2.25. The number of nitrogens with two attached hydrogens (primary N) is 3. The van der Waals surface area contributed by atoms with E-state index in [1.165, 1.54) is 43.2 Å². The van der Waals surface area contributed by atoms with Gasteiger partial charge < -0.3 is 65.6 Å². The first-order valence-electron chi connectivity index (χ1n) is 29.3. The number of imidazole rings is 1. The second kappa shape index (κ2) is 29.7. The van der Waals surface area contributed by atoms with Gasteiger partial charge in [-0.15, -0.1) is 9.42 Å². The van der Waals surface area contributed by atoms with Gasteiger partial charge >= 0.3 is 62.3 Å². The van der Waals surface area contributed by atoms with Crippen molar-refractivity contribution in [3.63, 3.8) is 0 Å². The smallest absolute Gasteiger partial charge is 0.390 e. The Labute approximate surface area is 552 Å². The number of anilines is 3. The fourth-order valence-electron chi connectivity index (χ4n) is 11.1. The summed E-state index contributed by atoms with van der Waals surface area (Å²) in [5.41, 5.74) is 12.4. The number of rotatable bonds is 28. The summed E-state index contributed by atoms with van der Waals surface area (Å²) >= 11 is 0. The van der Waals surface area contributed by atoms with Crippen LogP contribution in [-0.2, 0) is 87.2 Å². The van der Waals surface area contributed by atoms with Crippen LogP contribution < -0.4 is 51.1 Å². The summed E-state index contributed by atoms with van der Waals surface area (Å²) in [6.45, 7) is -1.99. The number of ether oxygens (including phenoxy) is 5. The van der Waals surface area contributed by atoms with Gasteiger partial charge in [0.1, 0.15) is 116 Å². The van der Waals surface area contributed by atoms with Crippen molar-refractivity contribution in [1.29, 1.82) is 0 Å². The predicted molar refractivity (Wildman–Crippen MR) is 325 cm³/mol. The van der Waals surface area contributed by atoms with Crippen LogP contribution in [0.3, 0.4) is 0 Å². The third-order valence-corrected chi connectivity index (χ3v) is 20.3. The van der Waals surface area contributed by atoms with Crippen molar-refractivity contribution in [3.05, 3.63) is 123 Å². The van der Waals surface area contributed by atoms with E-state index < -0.39 is 224 Å². The summed E-state index contributed by atoms with van der Waals surface area (Å²) in [6.07, 6.45) is -17.4. The molecule has 5 saturated heterocycles. The third kappa shape index (κ3) is 17.6. The molecule has 540 valence electrons. The zero-order chi connectivity index (χ0) is 71.2. The summed E-state index contributed by atoms with van der Waals surface area (Å²) in [5.74, 6) is -0.371. The molecule has 99 heavy (non-hydrogen) atoms. The number of H-pyrrole nitrogens is 2. The molecule has 46 nitrogen and oxygen atoms in total. The van der Waals surface area contributed by atoms with Gasteiger partial charge in [0.15, 0.2) is 11.5 Å². The lowest BCUT2D eigenvalue weighted by molar-refractivity contribution is -0.0646. The average molecular weight is 1500 g/mol. The molecule has 0 spiro atoms. The predicted octanol–water partition coefficient (Wildman–Crippen LogP) is -1.72. The highest BCUT2D eigenvalue weighted by Crippen LogP contribution is 2.55. The molecule has 6 aromatic rings. The van der Waals surface area contributed by atoms with Gasteiger partial charge in [-0.2, -0.15) is 9.97 Å². The maximum absolute atomic E-state index is 14.1. The molecular formula is C48H63N15O31P5+. The van der Waals surface area contributed by atoms with E-state index >= 15 is 0 Å². The monoisotopic (exact) mass is 1500 g/mol. The Bertz CT molecular complexity index is 4590. The van der Waals surface area contributed by atoms with Gasteiger partial charge in [0, 0.05) is 72.6 Å². The van der Waals surface area contributed by atoms with Crippen LogP contribution in [-0.4, -0.2) is 181 Å². The van der Waals surface area contributed by atoms with Crippen molar-refractivity contribution < 1.29 is 117 Å². The van der Waals surface area contributed by atoms with E-state index in [4.69, 9.17) is 81.6 Å². The van der Waals surface area contributed by atoms with Crippen LogP contribution in [0.1, 0.15) is 74.4 Å². The number of phosphoric ester groups is 4. The molecule has 0 amide bonds. The number of hydrogen-bond donors (Lipinski definition) is 11. The van der Waals surface area contributed by atoms with E-state index in [0.29, 0.717) is 0 Å². The molecule has 51 heteroatoms. The van der Waals surface area contributed by atoms with Crippen LogP contribution in [0.15, 0.2) is 78.3 Å². The minimum atomic E-state index is -5.54. The summed E-state index contributed by atoms with van der Waals surface area (Å²) in [5, 5.41) is 10.9. The van der Waals surface area contributed by atoms with Crippen molar-refractivity contribution >= 4 is 68.2 Å². The van der Waals surface area contributed by atoms with Crippen LogP contribution >= 0.6 is 39.5 Å². The Kier molecular flexibility index (Phi) is 22.1. The third-order valence-electron chi connectivity index (χ3n) is 15.9. The molecule has 11 heterocycles. The van der Waals surface area contributed by atoms with E-state index in [1.807, 2.05) is 0 Å². The summed E-state index contributed by atoms with van der Waals surface area (Å²) in [6, 6.07) is 2.38. The van der Waals surface area contributed by atoms with E-state index in [2.05, 4.69) is 34.9 Å².